The van der Waals surface area contributed by atoms with Gasteiger partial charge in [-0.15, -0.1) is 0 Å². The van der Waals surface area contributed by atoms with Crippen molar-refractivity contribution in [1.82, 2.24) is 0 Å². The Hall–Kier alpha value is -1.82. The molecule has 138 valence electrons. The number of aryl methyl sites for hydroxylation is 1. The zero-order chi connectivity index (χ0) is 18.7. The summed E-state index contributed by atoms with van der Waals surface area (Å²) in [5.41, 5.74) is 7.74. The Morgan fingerprint density at radius 1 is 0.846 bits per heavy atom. The molecule has 0 nitrogen and oxygen atoms in total. The van der Waals surface area contributed by atoms with E-state index in [-0.39, 0.29) is 0 Å². The van der Waals surface area contributed by atoms with Crippen LogP contribution in [-0.2, 0) is 6.42 Å². The minimum absolute atomic E-state index is 0.626. The van der Waals surface area contributed by atoms with Gasteiger partial charge in [0.2, 0.25) is 0 Å². The SMILES string of the molecule is CCCc1ccc(C2=C(C(C)CC)C=C(C(C)CC)C2)c2ccccc12. The van der Waals surface area contributed by atoms with Gasteiger partial charge in [-0.1, -0.05) is 89.1 Å². The summed E-state index contributed by atoms with van der Waals surface area (Å²) in [6, 6.07) is 13.8. The zero-order valence-corrected chi connectivity index (χ0v) is 17.2. The van der Waals surface area contributed by atoms with E-state index in [2.05, 4.69) is 77.1 Å². The summed E-state index contributed by atoms with van der Waals surface area (Å²) in [5, 5.41) is 2.88. The van der Waals surface area contributed by atoms with Gasteiger partial charge < -0.3 is 0 Å². The minimum Gasteiger partial charge on any atom is -0.0651 e. The van der Waals surface area contributed by atoms with Crippen LogP contribution in [0.4, 0.5) is 0 Å². The molecule has 2 aromatic carbocycles. The number of rotatable bonds is 7. The van der Waals surface area contributed by atoms with E-state index in [0.29, 0.717) is 11.8 Å². The van der Waals surface area contributed by atoms with Crippen molar-refractivity contribution in [2.24, 2.45) is 11.8 Å². The van der Waals surface area contributed by atoms with E-state index in [4.69, 9.17) is 0 Å². The first kappa shape index (κ1) is 19.0. The van der Waals surface area contributed by atoms with Crippen LogP contribution in [-0.4, -0.2) is 0 Å². The summed E-state index contributed by atoms with van der Waals surface area (Å²) < 4.78 is 0. The van der Waals surface area contributed by atoms with E-state index in [0.717, 1.165) is 12.8 Å². The Labute approximate surface area is 160 Å². The van der Waals surface area contributed by atoms with E-state index in [1.807, 2.05) is 0 Å². The first-order valence-corrected chi connectivity index (χ1v) is 10.5. The van der Waals surface area contributed by atoms with E-state index in [9.17, 15) is 0 Å². The lowest BCUT2D eigenvalue weighted by Gasteiger charge is -2.17. The van der Waals surface area contributed by atoms with Crippen LogP contribution in [0.2, 0.25) is 0 Å². The molecule has 0 radical (unpaired) electrons. The number of hydrogen-bond acceptors (Lipinski definition) is 0. The Morgan fingerprint density at radius 2 is 1.54 bits per heavy atom. The maximum absolute atomic E-state index is 2.53. The molecule has 1 aliphatic carbocycles. The second-order valence-corrected chi connectivity index (χ2v) is 8.02. The van der Waals surface area contributed by atoms with Crippen LogP contribution in [0, 0.1) is 11.8 Å². The first-order chi connectivity index (χ1) is 12.6. The van der Waals surface area contributed by atoms with Crippen LogP contribution in [0.3, 0.4) is 0 Å². The summed E-state index contributed by atoms with van der Waals surface area (Å²) in [5.74, 6) is 1.30. The second kappa shape index (κ2) is 8.25. The van der Waals surface area contributed by atoms with Crippen molar-refractivity contribution in [3.8, 4) is 0 Å². The van der Waals surface area contributed by atoms with E-state index >= 15 is 0 Å². The predicted octanol–water partition coefficient (Wildman–Crippen LogP) is 7.97. The molecule has 1 aliphatic rings. The minimum atomic E-state index is 0.626. The van der Waals surface area contributed by atoms with Crippen LogP contribution < -0.4 is 0 Å². The molecule has 0 spiro atoms. The summed E-state index contributed by atoms with van der Waals surface area (Å²) in [7, 11) is 0. The van der Waals surface area contributed by atoms with E-state index in [1.54, 1.807) is 16.7 Å². The van der Waals surface area contributed by atoms with Gasteiger partial charge in [-0.05, 0) is 70.6 Å². The lowest BCUT2D eigenvalue weighted by Crippen LogP contribution is -1.98. The van der Waals surface area contributed by atoms with Gasteiger partial charge in [-0.3, -0.25) is 0 Å². The predicted molar refractivity (Wildman–Crippen MR) is 116 cm³/mol. The summed E-state index contributed by atoms with van der Waals surface area (Å²) in [6.45, 7) is 11.7. The van der Waals surface area contributed by atoms with Gasteiger partial charge in [0, 0.05) is 0 Å². The monoisotopic (exact) mass is 346 g/mol. The van der Waals surface area contributed by atoms with Gasteiger partial charge in [-0.2, -0.15) is 0 Å². The van der Waals surface area contributed by atoms with Crippen molar-refractivity contribution in [3.05, 3.63) is 64.7 Å². The van der Waals surface area contributed by atoms with Crippen molar-refractivity contribution in [2.45, 2.75) is 66.7 Å². The van der Waals surface area contributed by atoms with Gasteiger partial charge >= 0.3 is 0 Å². The third-order valence-corrected chi connectivity index (χ3v) is 6.32. The van der Waals surface area contributed by atoms with Crippen molar-refractivity contribution in [1.29, 1.82) is 0 Å². The van der Waals surface area contributed by atoms with Crippen LogP contribution in [0.15, 0.2) is 53.6 Å². The summed E-state index contributed by atoms with van der Waals surface area (Å²) in [4.78, 5) is 0. The molecule has 2 aromatic rings. The standard InChI is InChI=1S/C26H34/c1-6-11-20-14-15-24(23-13-10-9-12-22(20)23)26-17-21(18(4)7-2)16-25(26)19(5)8-3/h9-10,12-16,18-19H,6-8,11,17H2,1-5H3. The summed E-state index contributed by atoms with van der Waals surface area (Å²) in [6.07, 6.45) is 8.45. The Balaban J connectivity index is 2.14. The van der Waals surface area contributed by atoms with Crippen molar-refractivity contribution < 1.29 is 0 Å². The highest BCUT2D eigenvalue weighted by molar-refractivity contribution is 5.98. The van der Waals surface area contributed by atoms with Gasteiger partial charge in [-0.25, -0.2) is 0 Å². The van der Waals surface area contributed by atoms with Crippen molar-refractivity contribution >= 4 is 16.3 Å². The molecule has 26 heavy (non-hydrogen) atoms. The fraction of sp³-hybridized carbons (Fsp3) is 0.462. The fourth-order valence-electron chi connectivity index (χ4n) is 4.25. The third-order valence-electron chi connectivity index (χ3n) is 6.32. The fourth-order valence-corrected chi connectivity index (χ4v) is 4.25. The smallest absolute Gasteiger partial charge is 0.00522 e. The van der Waals surface area contributed by atoms with Crippen LogP contribution in [0.1, 0.15) is 71.4 Å². The normalized spacial score (nSPS) is 16.9. The average molecular weight is 347 g/mol. The maximum Gasteiger partial charge on any atom is -0.00522 e. The molecule has 2 unspecified atom stereocenters. The third kappa shape index (κ3) is 3.52. The molecule has 0 heterocycles. The number of hydrogen-bond donors (Lipinski definition) is 0. The molecule has 3 rings (SSSR count). The molecule has 0 aliphatic heterocycles. The lowest BCUT2D eigenvalue weighted by atomic mass is 9.87. The van der Waals surface area contributed by atoms with E-state index < -0.39 is 0 Å². The topological polar surface area (TPSA) is 0 Å². The molecule has 0 heteroatoms. The van der Waals surface area contributed by atoms with E-state index in [1.165, 1.54) is 41.2 Å². The van der Waals surface area contributed by atoms with Crippen molar-refractivity contribution in [2.75, 3.05) is 0 Å². The molecular formula is C26H34. The highest BCUT2D eigenvalue weighted by Crippen LogP contribution is 2.43. The molecule has 0 fully saturated rings. The number of allylic oxidation sites excluding steroid dienone is 4. The Kier molecular flexibility index (Phi) is 6.01. The molecule has 0 bridgehead atoms. The maximum atomic E-state index is 2.53. The lowest BCUT2D eigenvalue weighted by molar-refractivity contribution is 0.644. The summed E-state index contributed by atoms with van der Waals surface area (Å²) >= 11 is 0. The van der Waals surface area contributed by atoms with Crippen LogP contribution in [0.5, 0.6) is 0 Å². The highest BCUT2D eigenvalue weighted by Gasteiger charge is 2.24. The highest BCUT2D eigenvalue weighted by atomic mass is 14.3. The molecule has 0 saturated carbocycles. The Bertz CT molecular complexity index is 834. The second-order valence-electron chi connectivity index (χ2n) is 8.02. The van der Waals surface area contributed by atoms with Gasteiger partial charge in [0.1, 0.15) is 0 Å². The van der Waals surface area contributed by atoms with Gasteiger partial charge in [0.15, 0.2) is 0 Å². The largest absolute Gasteiger partial charge is 0.0651 e. The molecule has 0 saturated heterocycles. The molecule has 0 aromatic heterocycles. The molecule has 0 N–H and O–H groups in total. The van der Waals surface area contributed by atoms with Crippen molar-refractivity contribution in [3.63, 3.8) is 0 Å². The first-order valence-electron chi connectivity index (χ1n) is 10.5. The average Bonchev–Trinajstić information content (AvgIpc) is 3.12. The zero-order valence-electron chi connectivity index (χ0n) is 17.2. The molecule has 0 amide bonds. The molecule has 2 atom stereocenters. The Morgan fingerprint density at radius 3 is 2.19 bits per heavy atom. The number of fused-ring (bicyclic) bond motifs is 1. The molecular weight excluding hydrogens is 312 g/mol. The van der Waals surface area contributed by atoms with Crippen LogP contribution in [0.25, 0.3) is 16.3 Å². The van der Waals surface area contributed by atoms with Crippen LogP contribution >= 0.6 is 0 Å². The van der Waals surface area contributed by atoms with Gasteiger partial charge in [0.25, 0.3) is 0 Å². The van der Waals surface area contributed by atoms with Gasteiger partial charge in [0.05, 0.1) is 0 Å². The quantitative estimate of drug-likeness (QED) is 0.477. The number of benzene rings is 2.